The number of benzene rings is 2. The SMILES string of the molecule is O=C(Cc1ccc(F)cc1)Cc1ccc(Br)cc1Cl. The Morgan fingerprint density at radius 3 is 2.42 bits per heavy atom. The molecule has 0 bridgehead atoms. The van der Waals surface area contributed by atoms with Crippen molar-refractivity contribution in [1.29, 1.82) is 0 Å². The van der Waals surface area contributed by atoms with Crippen LogP contribution in [0.4, 0.5) is 4.39 Å². The number of carbonyl (C=O) groups is 1. The fourth-order valence-electron chi connectivity index (χ4n) is 1.77. The van der Waals surface area contributed by atoms with E-state index in [1.165, 1.54) is 12.1 Å². The summed E-state index contributed by atoms with van der Waals surface area (Å²) in [7, 11) is 0. The summed E-state index contributed by atoms with van der Waals surface area (Å²) in [6.45, 7) is 0. The minimum Gasteiger partial charge on any atom is -0.299 e. The lowest BCUT2D eigenvalue weighted by atomic mass is 10.0. The van der Waals surface area contributed by atoms with Gasteiger partial charge in [0.15, 0.2) is 0 Å². The van der Waals surface area contributed by atoms with E-state index < -0.39 is 0 Å². The van der Waals surface area contributed by atoms with Gasteiger partial charge in [0.1, 0.15) is 11.6 Å². The highest BCUT2D eigenvalue weighted by Gasteiger charge is 2.08. The zero-order valence-corrected chi connectivity index (χ0v) is 12.3. The van der Waals surface area contributed by atoms with E-state index in [0.717, 1.165) is 15.6 Å². The molecule has 2 aromatic carbocycles. The van der Waals surface area contributed by atoms with Crippen LogP contribution in [0, 0.1) is 5.82 Å². The maximum atomic E-state index is 12.8. The smallest absolute Gasteiger partial charge is 0.141 e. The third kappa shape index (κ3) is 4.15. The molecule has 0 aliphatic carbocycles. The highest BCUT2D eigenvalue weighted by Crippen LogP contribution is 2.22. The number of rotatable bonds is 4. The molecule has 0 aliphatic rings. The summed E-state index contributed by atoms with van der Waals surface area (Å²) in [5, 5.41) is 0.571. The average Bonchev–Trinajstić information content (AvgIpc) is 2.36. The van der Waals surface area contributed by atoms with Crippen LogP contribution < -0.4 is 0 Å². The minimum atomic E-state index is -0.299. The Labute approximate surface area is 124 Å². The lowest BCUT2D eigenvalue weighted by molar-refractivity contribution is -0.117. The van der Waals surface area contributed by atoms with Gasteiger partial charge in [0.05, 0.1) is 0 Å². The van der Waals surface area contributed by atoms with Crippen molar-refractivity contribution in [3.63, 3.8) is 0 Å². The molecule has 0 spiro atoms. The van der Waals surface area contributed by atoms with E-state index in [1.807, 2.05) is 12.1 Å². The monoisotopic (exact) mass is 340 g/mol. The normalized spacial score (nSPS) is 10.5. The second-order valence-corrected chi connectivity index (χ2v) is 5.58. The summed E-state index contributed by atoms with van der Waals surface area (Å²) < 4.78 is 13.6. The first-order chi connectivity index (χ1) is 9.04. The topological polar surface area (TPSA) is 17.1 Å². The molecule has 0 atom stereocenters. The summed E-state index contributed by atoms with van der Waals surface area (Å²) in [6, 6.07) is 11.4. The quantitative estimate of drug-likeness (QED) is 0.794. The molecule has 0 unspecified atom stereocenters. The molecule has 0 aromatic heterocycles. The fourth-order valence-corrected chi connectivity index (χ4v) is 2.51. The Hall–Kier alpha value is -1.19. The van der Waals surface area contributed by atoms with Crippen LogP contribution >= 0.6 is 27.5 Å². The zero-order valence-electron chi connectivity index (χ0n) is 10.00. The van der Waals surface area contributed by atoms with Crippen LogP contribution in [0.2, 0.25) is 5.02 Å². The van der Waals surface area contributed by atoms with E-state index in [1.54, 1.807) is 18.2 Å². The largest absolute Gasteiger partial charge is 0.299 e. The van der Waals surface area contributed by atoms with Crippen molar-refractivity contribution in [3.05, 3.63) is 68.9 Å². The summed E-state index contributed by atoms with van der Waals surface area (Å²) in [5.41, 5.74) is 1.61. The number of hydrogen-bond donors (Lipinski definition) is 0. The molecule has 0 heterocycles. The van der Waals surface area contributed by atoms with Crippen LogP contribution in [0.3, 0.4) is 0 Å². The molecule has 0 aliphatic heterocycles. The van der Waals surface area contributed by atoms with Gasteiger partial charge in [-0.05, 0) is 35.4 Å². The number of ketones is 1. The van der Waals surface area contributed by atoms with Crippen LogP contribution in [0.15, 0.2) is 46.9 Å². The molecule has 0 saturated heterocycles. The van der Waals surface area contributed by atoms with Gasteiger partial charge < -0.3 is 0 Å². The molecule has 0 radical (unpaired) electrons. The summed E-state index contributed by atoms with van der Waals surface area (Å²) in [6.07, 6.45) is 0.566. The first kappa shape index (κ1) is 14.2. The van der Waals surface area contributed by atoms with E-state index in [9.17, 15) is 9.18 Å². The van der Waals surface area contributed by atoms with Crippen LogP contribution in [0.5, 0.6) is 0 Å². The number of carbonyl (C=O) groups excluding carboxylic acids is 1. The predicted molar refractivity (Wildman–Crippen MR) is 78.0 cm³/mol. The van der Waals surface area contributed by atoms with Gasteiger partial charge in [-0.2, -0.15) is 0 Å². The predicted octanol–water partition coefficient (Wildman–Crippen LogP) is 4.60. The van der Waals surface area contributed by atoms with Crippen molar-refractivity contribution in [3.8, 4) is 0 Å². The molecule has 2 rings (SSSR count). The third-order valence-electron chi connectivity index (χ3n) is 2.72. The van der Waals surface area contributed by atoms with Gasteiger partial charge >= 0.3 is 0 Å². The second-order valence-electron chi connectivity index (χ2n) is 4.25. The lowest BCUT2D eigenvalue weighted by Crippen LogP contribution is -2.07. The Balaban J connectivity index is 2.03. The van der Waals surface area contributed by atoms with Gasteiger partial charge in [0, 0.05) is 22.3 Å². The highest BCUT2D eigenvalue weighted by atomic mass is 79.9. The van der Waals surface area contributed by atoms with Gasteiger partial charge in [-0.25, -0.2) is 4.39 Å². The Kier molecular flexibility index (Phi) is 4.72. The molecule has 0 amide bonds. The standard InChI is InChI=1S/C15H11BrClFO/c16-12-4-3-11(15(17)9-12)8-14(19)7-10-1-5-13(18)6-2-10/h1-6,9H,7-8H2. The maximum Gasteiger partial charge on any atom is 0.141 e. The van der Waals surface area contributed by atoms with Gasteiger partial charge in [0.2, 0.25) is 0 Å². The molecule has 4 heteroatoms. The van der Waals surface area contributed by atoms with Gasteiger partial charge in [-0.3, -0.25) is 4.79 Å². The van der Waals surface area contributed by atoms with E-state index in [0.29, 0.717) is 5.02 Å². The van der Waals surface area contributed by atoms with Crippen LogP contribution in [-0.4, -0.2) is 5.78 Å². The van der Waals surface area contributed by atoms with Crippen molar-refractivity contribution < 1.29 is 9.18 Å². The third-order valence-corrected chi connectivity index (χ3v) is 3.56. The molecule has 0 fully saturated rings. The van der Waals surface area contributed by atoms with E-state index in [4.69, 9.17) is 11.6 Å². The number of hydrogen-bond acceptors (Lipinski definition) is 1. The van der Waals surface area contributed by atoms with Gasteiger partial charge in [-0.15, -0.1) is 0 Å². The Morgan fingerprint density at radius 1 is 1.11 bits per heavy atom. The summed E-state index contributed by atoms with van der Waals surface area (Å²) in [4.78, 5) is 11.9. The molecule has 0 saturated carbocycles. The molecular weight excluding hydrogens is 331 g/mol. The maximum absolute atomic E-state index is 12.8. The molecule has 1 nitrogen and oxygen atoms in total. The van der Waals surface area contributed by atoms with Crippen molar-refractivity contribution in [2.24, 2.45) is 0 Å². The van der Waals surface area contributed by atoms with Gasteiger partial charge in [0.25, 0.3) is 0 Å². The van der Waals surface area contributed by atoms with Crippen molar-refractivity contribution in [1.82, 2.24) is 0 Å². The van der Waals surface area contributed by atoms with Crippen molar-refractivity contribution in [2.75, 3.05) is 0 Å². The van der Waals surface area contributed by atoms with Crippen molar-refractivity contribution >= 4 is 33.3 Å². The molecule has 19 heavy (non-hydrogen) atoms. The molecule has 98 valence electrons. The second kappa shape index (κ2) is 6.31. The fraction of sp³-hybridized carbons (Fsp3) is 0.133. The first-order valence-corrected chi connectivity index (χ1v) is 6.92. The Morgan fingerprint density at radius 2 is 1.79 bits per heavy atom. The van der Waals surface area contributed by atoms with Crippen LogP contribution in [0.25, 0.3) is 0 Å². The van der Waals surface area contributed by atoms with Crippen molar-refractivity contribution in [2.45, 2.75) is 12.8 Å². The highest BCUT2D eigenvalue weighted by molar-refractivity contribution is 9.10. The summed E-state index contributed by atoms with van der Waals surface area (Å²) in [5.74, 6) is -0.247. The molecule has 2 aromatic rings. The summed E-state index contributed by atoms with van der Waals surface area (Å²) >= 11 is 9.38. The molecule has 0 N–H and O–H groups in total. The average molecular weight is 342 g/mol. The first-order valence-electron chi connectivity index (χ1n) is 5.74. The lowest BCUT2D eigenvalue weighted by Gasteiger charge is -2.05. The van der Waals surface area contributed by atoms with E-state index in [2.05, 4.69) is 15.9 Å². The van der Waals surface area contributed by atoms with Gasteiger partial charge in [-0.1, -0.05) is 45.7 Å². The molecular formula is C15H11BrClFO. The van der Waals surface area contributed by atoms with Crippen LogP contribution in [-0.2, 0) is 17.6 Å². The number of Topliss-reactive ketones (excluding diaryl/α,β-unsaturated/α-hetero) is 1. The van der Waals surface area contributed by atoms with Crippen LogP contribution in [0.1, 0.15) is 11.1 Å². The Bertz CT molecular complexity index is 596. The van der Waals surface area contributed by atoms with E-state index >= 15 is 0 Å². The number of halogens is 3. The zero-order chi connectivity index (χ0) is 13.8. The van der Waals surface area contributed by atoms with E-state index in [-0.39, 0.29) is 24.4 Å². The minimum absolute atomic E-state index is 0.0517.